The smallest absolute Gasteiger partial charge is 0.126 e. The molecule has 2 aromatic rings. The van der Waals surface area contributed by atoms with Crippen molar-refractivity contribution in [2.24, 2.45) is 11.8 Å². The molecule has 3 N–H and O–H groups in total. The first-order valence-electron chi connectivity index (χ1n) is 7.04. The Bertz CT molecular complexity index is 572. The second kappa shape index (κ2) is 5.73. The van der Waals surface area contributed by atoms with Gasteiger partial charge in [-0.05, 0) is 47.9 Å². The summed E-state index contributed by atoms with van der Waals surface area (Å²) in [5.41, 5.74) is 6.41. The maximum absolute atomic E-state index is 13.8. The van der Waals surface area contributed by atoms with Crippen molar-refractivity contribution in [3.8, 4) is 0 Å². The average Bonchev–Trinajstić information content (AvgIpc) is 2.90. The Morgan fingerprint density at radius 3 is 2.25 bits per heavy atom. The molecule has 0 bridgehead atoms. The van der Waals surface area contributed by atoms with Crippen molar-refractivity contribution in [1.29, 1.82) is 0 Å². The zero-order chi connectivity index (χ0) is 13.9. The Hall–Kier alpha value is -1.71. The molecule has 1 unspecified atom stereocenters. The normalized spacial score (nSPS) is 16.1. The quantitative estimate of drug-likeness (QED) is 0.662. The van der Waals surface area contributed by atoms with Crippen LogP contribution in [-0.4, -0.2) is 6.04 Å². The van der Waals surface area contributed by atoms with Crippen molar-refractivity contribution in [3.05, 3.63) is 71.0 Å². The Morgan fingerprint density at radius 2 is 1.65 bits per heavy atom. The van der Waals surface area contributed by atoms with E-state index < -0.39 is 0 Å². The van der Waals surface area contributed by atoms with Gasteiger partial charge in [0, 0.05) is 6.04 Å². The molecule has 20 heavy (non-hydrogen) atoms. The molecule has 104 valence electrons. The van der Waals surface area contributed by atoms with Crippen LogP contribution in [0.25, 0.3) is 0 Å². The van der Waals surface area contributed by atoms with Gasteiger partial charge in [-0.25, -0.2) is 4.39 Å². The summed E-state index contributed by atoms with van der Waals surface area (Å²) in [6.45, 7) is 0. The Balaban J connectivity index is 1.74. The first-order chi connectivity index (χ1) is 9.78. The van der Waals surface area contributed by atoms with Crippen LogP contribution in [0.1, 0.15) is 16.7 Å². The highest BCUT2D eigenvalue weighted by atomic mass is 19.1. The number of halogens is 1. The van der Waals surface area contributed by atoms with E-state index in [0.717, 1.165) is 18.4 Å². The van der Waals surface area contributed by atoms with Crippen LogP contribution >= 0.6 is 0 Å². The fraction of sp³-hybridized carbons (Fsp3) is 0.294. The topological polar surface area (TPSA) is 38.0 Å². The lowest BCUT2D eigenvalue weighted by Gasteiger charge is -2.22. The summed E-state index contributed by atoms with van der Waals surface area (Å²) in [5.74, 6) is 5.99. The van der Waals surface area contributed by atoms with E-state index in [4.69, 9.17) is 5.84 Å². The highest BCUT2D eigenvalue weighted by molar-refractivity contribution is 5.33. The summed E-state index contributed by atoms with van der Waals surface area (Å²) in [6.07, 6.45) is 2.65. The summed E-state index contributed by atoms with van der Waals surface area (Å²) in [5, 5.41) is 0. The van der Waals surface area contributed by atoms with E-state index in [1.165, 1.54) is 17.2 Å². The first kappa shape index (κ1) is 13.3. The summed E-state index contributed by atoms with van der Waals surface area (Å²) in [6, 6.07) is 15.5. The van der Waals surface area contributed by atoms with Crippen molar-refractivity contribution in [2.75, 3.05) is 0 Å². The van der Waals surface area contributed by atoms with Gasteiger partial charge in [-0.1, -0.05) is 42.5 Å². The molecular weight excluding hydrogens is 251 g/mol. The Kier molecular flexibility index (Phi) is 3.81. The van der Waals surface area contributed by atoms with Gasteiger partial charge in [-0.3, -0.25) is 11.3 Å². The fourth-order valence-corrected chi connectivity index (χ4v) is 3.14. The van der Waals surface area contributed by atoms with Crippen molar-refractivity contribution in [1.82, 2.24) is 5.43 Å². The summed E-state index contributed by atoms with van der Waals surface area (Å²) in [7, 11) is 0. The van der Waals surface area contributed by atoms with E-state index >= 15 is 0 Å². The number of nitrogens with two attached hydrogens (primary N) is 1. The van der Waals surface area contributed by atoms with Crippen LogP contribution in [0.15, 0.2) is 48.5 Å². The fourth-order valence-electron chi connectivity index (χ4n) is 3.14. The van der Waals surface area contributed by atoms with Crippen LogP contribution in [0.2, 0.25) is 0 Å². The van der Waals surface area contributed by atoms with Gasteiger partial charge in [-0.2, -0.15) is 0 Å². The van der Waals surface area contributed by atoms with Crippen LogP contribution in [0.3, 0.4) is 0 Å². The predicted octanol–water partition coefficient (Wildman–Crippen LogP) is 2.62. The molecule has 3 heteroatoms. The highest BCUT2D eigenvalue weighted by Gasteiger charge is 2.28. The number of nitrogens with one attached hydrogen (secondary N) is 1. The molecule has 0 radical (unpaired) electrons. The van der Waals surface area contributed by atoms with Crippen LogP contribution in [0.5, 0.6) is 0 Å². The average molecular weight is 270 g/mol. The third-order valence-electron chi connectivity index (χ3n) is 4.26. The van der Waals surface area contributed by atoms with Crippen molar-refractivity contribution in [2.45, 2.75) is 25.3 Å². The molecule has 0 saturated carbocycles. The molecule has 0 heterocycles. The van der Waals surface area contributed by atoms with E-state index in [0.29, 0.717) is 12.3 Å². The summed E-state index contributed by atoms with van der Waals surface area (Å²) < 4.78 is 13.8. The zero-order valence-corrected chi connectivity index (χ0v) is 11.4. The molecule has 0 fully saturated rings. The molecule has 1 atom stereocenters. The second-order valence-corrected chi connectivity index (χ2v) is 5.51. The summed E-state index contributed by atoms with van der Waals surface area (Å²) in [4.78, 5) is 0. The minimum Gasteiger partial charge on any atom is -0.271 e. The first-order valence-corrected chi connectivity index (χ1v) is 7.04. The predicted molar refractivity (Wildman–Crippen MR) is 78.6 cm³/mol. The van der Waals surface area contributed by atoms with Gasteiger partial charge in [0.05, 0.1) is 0 Å². The van der Waals surface area contributed by atoms with Gasteiger partial charge in [0.2, 0.25) is 0 Å². The van der Waals surface area contributed by atoms with Crippen LogP contribution in [0.4, 0.5) is 4.39 Å². The van der Waals surface area contributed by atoms with Gasteiger partial charge in [-0.15, -0.1) is 0 Å². The van der Waals surface area contributed by atoms with E-state index in [-0.39, 0.29) is 11.9 Å². The van der Waals surface area contributed by atoms with Crippen molar-refractivity contribution < 1.29 is 4.39 Å². The second-order valence-electron chi connectivity index (χ2n) is 5.51. The van der Waals surface area contributed by atoms with Crippen LogP contribution in [0, 0.1) is 11.7 Å². The SMILES string of the molecule is NNC(Cc1ccccc1F)C1Cc2ccccc2C1. The molecule has 1 aliphatic carbocycles. The number of benzene rings is 2. The largest absolute Gasteiger partial charge is 0.271 e. The van der Waals surface area contributed by atoms with Crippen molar-refractivity contribution >= 4 is 0 Å². The molecule has 0 aliphatic heterocycles. The van der Waals surface area contributed by atoms with E-state index in [1.54, 1.807) is 6.07 Å². The minimum atomic E-state index is -0.150. The lowest BCUT2D eigenvalue weighted by molar-refractivity contribution is 0.363. The molecule has 0 spiro atoms. The lowest BCUT2D eigenvalue weighted by atomic mass is 9.91. The summed E-state index contributed by atoms with van der Waals surface area (Å²) >= 11 is 0. The third-order valence-corrected chi connectivity index (χ3v) is 4.26. The molecule has 0 aromatic heterocycles. The minimum absolute atomic E-state index is 0.0966. The van der Waals surface area contributed by atoms with Crippen LogP contribution in [-0.2, 0) is 19.3 Å². The number of fused-ring (bicyclic) bond motifs is 1. The number of hydrogen-bond acceptors (Lipinski definition) is 2. The zero-order valence-electron chi connectivity index (χ0n) is 11.4. The van der Waals surface area contributed by atoms with Gasteiger partial charge >= 0.3 is 0 Å². The van der Waals surface area contributed by atoms with E-state index in [2.05, 4.69) is 29.7 Å². The van der Waals surface area contributed by atoms with Gasteiger partial charge in [0.1, 0.15) is 5.82 Å². The number of rotatable bonds is 4. The molecule has 2 aromatic carbocycles. The third kappa shape index (κ3) is 2.60. The Morgan fingerprint density at radius 1 is 1.05 bits per heavy atom. The molecule has 3 rings (SSSR count). The number of hydrazine groups is 1. The van der Waals surface area contributed by atoms with Gasteiger partial charge in [0.25, 0.3) is 0 Å². The number of hydrogen-bond donors (Lipinski definition) is 2. The molecular formula is C17H19FN2. The Labute approximate surface area is 118 Å². The van der Waals surface area contributed by atoms with Crippen LogP contribution < -0.4 is 11.3 Å². The standard InChI is InChI=1S/C17H19FN2/c18-16-8-4-3-7-14(16)11-17(20-19)15-9-12-5-1-2-6-13(12)10-15/h1-8,15,17,20H,9-11,19H2. The molecule has 1 aliphatic rings. The van der Waals surface area contributed by atoms with Gasteiger partial charge < -0.3 is 0 Å². The molecule has 2 nitrogen and oxygen atoms in total. The van der Waals surface area contributed by atoms with E-state index in [9.17, 15) is 4.39 Å². The van der Waals surface area contributed by atoms with Gasteiger partial charge in [0.15, 0.2) is 0 Å². The lowest BCUT2D eigenvalue weighted by Crippen LogP contribution is -2.43. The maximum atomic E-state index is 13.8. The molecule has 0 saturated heterocycles. The van der Waals surface area contributed by atoms with Crippen molar-refractivity contribution in [3.63, 3.8) is 0 Å². The van der Waals surface area contributed by atoms with E-state index in [1.807, 2.05) is 12.1 Å². The monoisotopic (exact) mass is 270 g/mol. The molecule has 0 amide bonds. The highest BCUT2D eigenvalue weighted by Crippen LogP contribution is 2.29. The maximum Gasteiger partial charge on any atom is 0.126 e.